The lowest BCUT2D eigenvalue weighted by molar-refractivity contribution is -0.115. The molecule has 5 rings (SSSR count). The van der Waals surface area contributed by atoms with Crippen LogP contribution < -0.4 is 10.9 Å². The van der Waals surface area contributed by atoms with Gasteiger partial charge in [0, 0.05) is 17.9 Å². The fraction of sp³-hybridized carbons (Fsp3) is 0.333. The van der Waals surface area contributed by atoms with Crippen molar-refractivity contribution in [1.29, 1.82) is 0 Å². The number of nitrogens with one attached hydrogen (secondary N) is 1. The molecule has 0 aliphatic carbocycles. The molecule has 7 nitrogen and oxygen atoms in total. The topological polar surface area (TPSA) is 81.8 Å². The zero-order chi connectivity index (χ0) is 24.4. The van der Waals surface area contributed by atoms with Crippen molar-refractivity contribution in [3.05, 3.63) is 76.2 Å². The van der Waals surface area contributed by atoms with Gasteiger partial charge in [0.1, 0.15) is 5.56 Å². The predicted molar refractivity (Wildman–Crippen MR) is 140 cm³/mol. The quantitative estimate of drug-likeness (QED) is 0.308. The first-order valence-electron chi connectivity index (χ1n) is 12.2. The molecule has 180 valence electrons. The number of aryl methyl sites for hydroxylation is 1. The molecule has 0 saturated carbocycles. The number of hydrogen-bond acceptors (Lipinski definition) is 5. The van der Waals surface area contributed by atoms with Gasteiger partial charge in [-0.1, -0.05) is 55.4 Å². The summed E-state index contributed by atoms with van der Waals surface area (Å²) in [6, 6.07) is 17.4. The van der Waals surface area contributed by atoms with Crippen molar-refractivity contribution in [2.24, 2.45) is 0 Å². The number of carbonyl (C=O) groups is 1. The van der Waals surface area contributed by atoms with Gasteiger partial charge in [-0.15, -0.1) is 5.10 Å². The predicted octanol–water partition coefficient (Wildman–Crippen LogP) is 4.94. The minimum absolute atomic E-state index is 0.0801. The summed E-state index contributed by atoms with van der Waals surface area (Å²) in [6.07, 6.45) is 4.89. The fourth-order valence-corrected chi connectivity index (χ4v) is 5.42. The van der Waals surface area contributed by atoms with Gasteiger partial charge in [-0.25, -0.2) is 4.98 Å². The normalized spacial score (nSPS) is 14.3. The molecule has 0 radical (unpaired) electrons. The molecule has 3 heterocycles. The number of thioether (sulfide) groups is 1. The highest BCUT2D eigenvalue weighted by Gasteiger charge is 2.28. The average molecular weight is 488 g/mol. The summed E-state index contributed by atoms with van der Waals surface area (Å²) >= 11 is 1.42. The van der Waals surface area contributed by atoms with Gasteiger partial charge in [-0.2, -0.15) is 4.68 Å². The van der Waals surface area contributed by atoms with E-state index in [1.165, 1.54) is 22.0 Å². The van der Waals surface area contributed by atoms with E-state index in [2.05, 4.69) is 21.9 Å². The standard InChI is InChI=1S/C27H29N5O2S/c1-3-19-13-15-20(16-14-19)28-25(33)18(2)35-27-29-24-23(22-12-8-5-9-17-31(22)27)26(34)32(30-24)21-10-6-4-7-11-21/h4,6-7,10-11,13-16,18H,3,5,8-9,12,17H2,1-2H3,(H,28,33). The van der Waals surface area contributed by atoms with Crippen LogP contribution in [0.3, 0.4) is 0 Å². The Balaban J connectivity index is 1.48. The second-order valence-electron chi connectivity index (χ2n) is 8.85. The average Bonchev–Trinajstić information content (AvgIpc) is 3.04. The summed E-state index contributed by atoms with van der Waals surface area (Å²) in [4.78, 5) is 31.2. The number of benzene rings is 2. The van der Waals surface area contributed by atoms with Crippen molar-refractivity contribution in [3.8, 4) is 17.1 Å². The molecule has 0 aromatic heterocycles. The van der Waals surface area contributed by atoms with Gasteiger partial charge in [0.15, 0.2) is 11.0 Å². The molecule has 3 aliphatic heterocycles. The molecule has 0 bridgehead atoms. The van der Waals surface area contributed by atoms with Crippen molar-refractivity contribution in [2.45, 2.75) is 62.9 Å². The first kappa shape index (κ1) is 23.4. The van der Waals surface area contributed by atoms with Gasteiger partial charge in [0.05, 0.1) is 10.9 Å². The van der Waals surface area contributed by atoms with E-state index in [0.29, 0.717) is 11.4 Å². The van der Waals surface area contributed by atoms with E-state index in [-0.39, 0.29) is 16.7 Å². The molecular weight excluding hydrogens is 458 g/mol. The minimum atomic E-state index is -0.367. The van der Waals surface area contributed by atoms with E-state index in [0.717, 1.165) is 60.9 Å². The molecule has 2 aromatic carbocycles. The monoisotopic (exact) mass is 487 g/mol. The summed E-state index contributed by atoms with van der Waals surface area (Å²) in [5.41, 5.74) is 4.17. The fourth-order valence-electron chi connectivity index (χ4n) is 4.47. The molecule has 35 heavy (non-hydrogen) atoms. The van der Waals surface area contributed by atoms with Crippen LogP contribution >= 0.6 is 11.8 Å². The van der Waals surface area contributed by atoms with Crippen molar-refractivity contribution < 1.29 is 4.79 Å². The molecule has 8 heteroatoms. The Labute approximate surface area is 208 Å². The molecule has 3 aliphatic rings. The van der Waals surface area contributed by atoms with Crippen molar-refractivity contribution in [1.82, 2.24) is 19.3 Å². The van der Waals surface area contributed by atoms with Crippen LogP contribution in [0.4, 0.5) is 5.69 Å². The van der Waals surface area contributed by atoms with Crippen LogP contribution in [-0.4, -0.2) is 30.5 Å². The number of carbonyl (C=O) groups excluding carboxylic acids is 1. The molecule has 1 unspecified atom stereocenters. The van der Waals surface area contributed by atoms with Gasteiger partial charge in [0.25, 0.3) is 5.56 Å². The molecule has 0 fully saturated rings. The highest BCUT2D eigenvalue weighted by atomic mass is 32.2. The zero-order valence-electron chi connectivity index (χ0n) is 20.0. The van der Waals surface area contributed by atoms with Crippen LogP contribution in [0.1, 0.15) is 44.4 Å². The van der Waals surface area contributed by atoms with Gasteiger partial charge in [-0.3, -0.25) is 9.59 Å². The Morgan fingerprint density at radius 1 is 1.09 bits per heavy atom. The van der Waals surface area contributed by atoms with Gasteiger partial charge >= 0.3 is 0 Å². The number of rotatable bonds is 6. The lowest BCUT2D eigenvalue weighted by Gasteiger charge is -2.19. The van der Waals surface area contributed by atoms with Gasteiger partial charge in [0.2, 0.25) is 5.91 Å². The lowest BCUT2D eigenvalue weighted by atomic mass is 10.1. The lowest BCUT2D eigenvalue weighted by Crippen LogP contribution is -2.24. The third-order valence-electron chi connectivity index (χ3n) is 6.45. The van der Waals surface area contributed by atoms with Gasteiger partial charge in [-0.05, 0) is 62.4 Å². The van der Waals surface area contributed by atoms with Crippen molar-refractivity contribution in [3.63, 3.8) is 0 Å². The molecule has 2 aromatic rings. The zero-order valence-corrected chi connectivity index (χ0v) is 20.8. The first-order valence-corrected chi connectivity index (χ1v) is 13.1. The van der Waals surface area contributed by atoms with E-state index in [9.17, 15) is 9.59 Å². The van der Waals surface area contributed by atoms with Gasteiger partial charge < -0.3 is 9.88 Å². The van der Waals surface area contributed by atoms with E-state index in [1.807, 2.05) is 61.5 Å². The Morgan fingerprint density at radius 3 is 2.60 bits per heavy atom. The molecule has 1 amide bonds. The molecule has 0 saturated heterocycles. The second-order valence-corrected chi connectivity index (χ2v) is 10.2. The van der Waals surface area contributed by atoms with Crippen LogP contribution in [0.5, 0.6) is 0 Å². The summed E-state index contributed by atoms with van der Waals surface area (Å²) in [7, 11) is 0. The Hall–Kier alpha value is -3.39. The largest absolute Gasteiger partial charge is 0.325 e. The Bertz CT molecular complexity index is 1360. The molecule has 0 spiro atoms. The summed E-state index contributed by atoms with van der Waals surface area (Å²) in [6.45, 7) is 4.77. The van der Waals surface area contributed by atoms with E-state index >= 15 is 0 Å². The maximum Gasteiger partial charge on any atom is 0.284 e. The molecular formula is C27H29N5O2S. The minimum Gasteiger partial charge on any atom is -0.325 e. The van der Waals surface area contributed by atoms with E-state index in [4.69, 9.17) is 4.98 Å². The number of para-hydroxylation sites is 1. The van der Waals surface area contributed by atoms with Crippen molar-refractivity contribution in [2.75, 3.05) is 5.32 Å². The third-order valence-corrected chi connectivity index (χ3v) is 7.54. The maximum atomic E-state index is 13.4. The van der Waals surface area contributed by atoms with Crippen LogP contribution in [0.2, 0.25) is 0 Å². The molecule has 1 N–H and O–H groups in total. The SMILES string of the molecule is CCc1ccc(NC(=O)C(C)Sc2nc3nn(-c4ccccc4)c(=O)c-3c3n2CCCCC3)cc1. The van der Waals surface area contributed by atoms with E-state index in [1.54, 1.807) is 0 Å². The first-order chi connectivity index (χ1) is 17.0. The maximum absolute atomic E-state index is 13.4. The molecule has 1 atom stereocenters. The van der Waals surface area contributed by atoms with Crippen LogP contribution in [0.25, 0.3) is 17.1 Å². The van der Waals surface area contributed by atoms with Crippen molar-refractivity contribution >= 4 is 23.4 Å². The number of anilines is 1. The Morgan fingerprint density at radius 2 is 1.86 bits per heavy atom. The number of fused-ring (bicyclic) bond motifs is 3. The number of nitrogens with zero attached hydrogens (tertiary/aromatic N) is 4. The van der Waals surface area contributed by atoms with Crippen LogP contribution in [0.15, 0.2) is 64.5 Å². The second kappa shape index (κ2) is 10.1. The van der Waals surface area contributed by atoms with E-state index < -0.39 is 0 Å². The Kier molecular flexibility index (Phi) is 6.72. The third kappa shape index (κ3) is 4.75. The number of amides is 1. The summed E-state index contributed by atoms with van der Waals surface area (Å²) in [5.74, 6) is 0.362. The highest BCUT2D eigenvalue weighted by molar-refractivity contribution is 8.00. The summed E-state index contributed by atoms with van der Waals surface area (Å²) in [5, 5.41) is 7.96. The van der Waals surface area contributed by atoms with Crippen LogP contribution in [0, 0.1) is 0 Å². The summed E-state index contributed by atoms with van der Waals surface area (Å²) < 4.78 is 3.58. The van der Waals surface area contributed by atoms with Crippen LogP contribution in [-0.2, 0) is 24.2 Å². The number of hydrogen-bond donors (Lipinski definition) is 1. The smallest absolute Gasteiger partial charge is 0.284 e. The highest BCUT2D eigenvalue weighted by Crippen LogP contribution is 2.32. The number of aromatic nitrogens is 4.